The van der Waals surface area contributed by atoms with E-state index in [1.165, 1.54) is 0 Å². The highest BCUT2D eigenvalue weighted by Gasteiger charge is 2.18. The van der Waals surface area contributed by atoms with Crippen LogP contribution in [0, 0.1) is 13.8 Å². The molecule has 0 aliphatic carbocycles. The minimum absolute atomic E-state index is 0.0209. The summed E-state index contributed by atoms with van der Waals surface area (Å²) in [6.45, 7) is 5.20. The second kappa shape index (κ2) is 4.49. The highest BCUT2D eigenvalue weighted by molar-refractivity contribution is 6.32. The van der Waals surface area contributed by atoms with Crippen LogP contribution in [0.15, 0.2) is 4.79 Å². The Morgan fingerprint density at radius 2 is 2.07 bits per heavy atom. The van der Waals surface area contributed by atoms with Crippen LogP contribution >= 0.6 is 11.6 Å². The molecule has 0 saturated carbocycles. The van der Waals surface area contributed by atoms with Crippen LogP contribution in [-0.4, -0.2) is 17.6 Å². The van der Waals surface area contributed by atoms with Crippen molar-refractivity contribution in [2.45, 2.75) is 20.8 Å². The normalized spacial score (nSPS) is 10.1. The molecule has 0 aromatic carbocycles. The fourth-order valence-corrected chi connectivity index (χ4v) is 1.44. The average Bonchev–Trinajstić information content (AvgIpc) is 2.15. The van der Waals surface area contributed by atoms with Gasteiger partial charge in [0.2, 0.25) is 0 Å². The van der Waals surface area contributed by atoms with Crippen LogP contribution in [0.2, 0.25) is 5.02 Å². The van der Waals surface area contributed by atoms with E-state index in [0.29, 0.717) is 16.3 Å². The summed E-state index contributed by atoms with van der Waals surface area (Å²) in [4.78, 5) is 25.5. The maximum atomic E-state index is 11.5. The highest BCUT2D eigenvalue weighted by Crippen LogP contribution is 2.19. The molecule has 4 nitrogen and oxygen atoms in total. The molecule has 1 heterocycles. The van der Waals surface area contributed by atoms with Gasteiger partial charge in [-0.2, -0.15) is 0 Å². The number of carbonyl (C=O) groups is 1. The summed E-state index contributed by atoms with van der Waals surface area (Å²) in [7, 11) is 0. The number of hydrogen-bond acceptors (Lipinski definition) is 3. The summed E-state index contributed by atoms with van der Waals surface area (Å²) in [5, 5.41) is 0.387. The second-order valence-electron chi connectivity index (χ2n) is 3.11. The molecular weight excluding hydrogens is 218 g/mol. The molecule has 0 bridgehead atoms. The number of halogens is 1. The van der Waals surface area contributed by atoms with Gasteiger partial charge in [-0.25, -0.2) is 4.79 Å². The molecule has 0 unspecified atom stereocenters. The predicted octanol–water partition coefficient (Wildman–Crippen LogP) is 1.82. The molecule has 15 heavy (non-hydrogen) atoms. The van der Waals surface area contributed by atoms with Crippen LogP contribution in [0.25, 0.3) is 0 Å². The second-order valence-corrected chi connectivity index (χ2v) is 3.49. The number of rotatable bonds is 2. The third-order valence-electron chi connectivity index (χ3n) is 2.04. The Bertz CT molecular complexity index is 451. The van der Waals surface area contributed by atoms with E-state index in [4.69, 9.17) is 16.3 Å². The third kappa shape index (κ3) is 2.21. The summed E-state index contributed by atoms with van der Waals surface area (Å²) in [5.74, 6) is -0.641. The Morgan fingerprint density at radius 1 is 1.47 bits per heavy atom. The van der Waals surface area contributed by atoms with Crippen molar-refractivity contribution < 1.29 is 9.53 Å². The number of esters is 1. The first-order valence-electron chi connectivity index (χ1n) is 4.55. The monoisotopic (exact) mass is 229 g/mol. The van der Waals surface area contributed by atoms with Gasteiger partial charge in [-0.05, 0) is 26.3 Å². The summed E-state index contributed by atoms with van der Waals surface area (Å²) in [6, 6.07) is 0. The van der Waals surface area contributed by atoms with Crippen LogP contribution in [0.3, 0.4) is 0 Å². The lowest BCUT2D eigenvalue weighted by Gasteiger charge is -2.07. The van der Waals surface area contributed by atoms with Crippen LogP contribution < -0.4 is 5.56 Å². The largest absolute Gasteiger partial charge is 0.462 e. The Kier molecular flexibility index (Phi) is 3.52. The molecule has 0 atom stereocenters. The summed E-state index contributed by atoms with van der Waals surface area (Å²) in [6.07, 6.45) is 0. The molecule has 0 radical (unpaired) electrons. The zero-order valence-electron chi connectivity index (χ0n) is 8.81. The maximum Gasteiger partial charge on any atom is 0.344 e. The molecule has 0 fully saturated rings. The van der Waals surface area contributed by atoms with Gasteiger partial charge in [-0.3, -0.25) is 4.79 Å². The number of H-pyrrole nitrogens is 1. The summed E-state index contributed by atoms with van der Waals surface area (Å²) < 4.78 is 4.77. The van der Waals surface area contributed by atoms with Crippen molar-refractivity contribution in [2.75, 3.05) is 6.61 Å². The molecule has 1 N–H and O–H groups in total. The fraction of sp³-hybridized carbons (Fsp3) is 0.400. The minimum atomic E-state index is -0.641. The lowest BCUT2D eigenvalue weighted by molar-refractivity contribution is 0.0523. The Labute approximate surface area is 92.2 Å². The lowest BCUT2D eigenvalue weighted by atomic mass is 10.1. The molecule has 0 saturated heterocycles. The van der Waals surface area contributed by atoms with E-state index < -0.39 is 11.5 Å². The summed E-state index contributed by atoms with van der Waals surface area (Å²) in [5.41, 5.74) is 0.517. The number of aromatic nitrogens is 1. The molecule has 0 aliphatic rings. The lowest BCUT2D eigenvalue weighted by Crippen LogP contribution is -2.22. The zero-order valence-corrected chi connectivity index (χ0v) is 9.57. The van der Waals surface area contributed by atoms with Crippen LogP contribution in [0.1, 0.15) is 28.5 Å². The number of pyridine rings is 1. The van der Waals surface area contributed by atoms with Crippen molar-refractivity contribution in [2.24, 2.45) is 0 Å². The van der Waals surface area contributed by atoms with Crippen molar-refractivity contribution in [3.05, 3.63) is 32.2 Å². The molecule has 82 valence electrons. The zero-order chi connectivity index (χ0) is 11.6. The number of ether oxygens (including phenoxy) is 1. The average molecular weight is 230 g/mol. The summed E-state index contributed by atoms with van der Waals surface area (Å²) >= 11 is 5.92. The first-order chi connectivity index (χ1) is 6.99. The molecule has 1 aromatic rings. The SMILES string of the molecule is CCOC(=O)c1c(C)c(Cl)c(C)[nH]c1=O. The molecule has 0 aliphatic heterocycles. The number of aryl methyl sites for hydroxylation is 1. The van der Waals surface area contributed by atoms with E-state index >= 15 is 0 Å². The van der Waals surface area contributed by atoms with E-state index in [1.54, 1.807) is 20.8 Å². The number of nitrogens with one attached hydrogen (secondary N) is 1. The number of carbonyl (C=O) groups excluding carboxylic acids is 1. The Morgan fingerprint density at radius 3 is 2.60 bits per heavy atom. The van der Waals surface area contributed by atoms with Gasteiger partial charge in [0.05, 0.1) is 11.6 Å². The first kappa shape index (κ1) is 11.8. The number of hydrogen-bond donors (Lipinski definition) is 1. The van der Waals surface area contributed by atoms with Gasteiger partial charge in [0, 0.05) is 5.69 Å². The first-order valence-corrected chi connectivity index (χ1v) is 4.93. The topological polar surface area (TPSA) is 59.2 Å². The molecule has 5 heteroatoms. The molecule has 0 spiro atoms. The van der Waals surface area contributed by atoms with E-state index in [2.05, 4.69) is 4.98 Å². The quantitative estimate of drug-likeness (QED) is 0.787. The van der Waals surface area contributed by atoms with Gasteiger partial charge in [-0.1, -0.05) is 11.6 Å². The van der Waals surface area contributed by atoms with Crippen molar-refractivity contribution in [3.8, 4) is 0 Å². The van der Waals surface area contributed by atoms with Crippen molar-refractivity contribution in [1.29, 1.82) is 0 Å². The fourth-order valence-electron chi connectivity index (χ4n) is 1.30. The standard InChI is InChI=1S/C10H12ClNO3/c1-4-15-10(14)7-5(2)8(11)6(3)12-9(7)13/h4H2,1-3H3,(H,12,13). The number of aromatic amines is 1. The highest BCUT2D eigenvalue weighted by atomic mass is 35.5. The Hall–Kier alpha value is -1.29. The van der Waals surface area contributed by atoms with E-state index in [1.807, 2.05) is 0 Å². The smallest absolute Gasteiger partial charge is 0.344 e. The predicted molar refractivity (Wildman–Crippen MR) is 57.5 cm³/mol. The molecule has 1 rings (SSSR count). The maximum absolute atomic E-state index is 11.5. The van der Waals surface area contributed by atoms with Gasteiger partial charge in [0.1, 0.15) is 5.56 Å². The van der Waals surface area contributed by atoms with Crippen LogP contribution in [0.5, 0.6) is 0 Å². The molecule has 0 amide bonds. The van der Waals surface area contributed by atoms with E-state index in [9.17, 15) is 9.59 Å². The third-order valence-corrected chi connectivity index (χ3v) is 2.61. The van der Waals surface area contributed by atoms with E-state index in [-0.39, 0.29) is 12.2 Å². The van der Waals surface area contributed by atoms with Crippen molar-refractivity contribution in [3.63, 3.8) is 0 Å². The van der Waals surface area contributed by atoms with Gasteiger partial charge in [-0.15, -0.1) is 0 Å². The molecular formula is C10H12ClNO3. The van der Waals surface area contributed by atoms with Gasteiger partial charge >= 0.3 is 5.97 Å². The van der Waals surface area contributed by atoms with Gasteiger partial charge in [0.15, 0.2) is 0 Å². The Balaban J connectivity index is 3.36. The van der Waals surface area contributed by atoms with Crippen LogP contribution in [-0.2, 0) is 4.74 Å². The minimum Gasteiger partial charge on any atom is -0.462 e. The van der Waals surface area contributed by atoms with E-state index in [0.717, 1.165) is 0 Å². The van der Waals surface area contributed by atoms with Gasteiger partial charge < -0.3 is 9.72 Å². The van der Waals surface area contributed by atoms with Crippen molar-refractivity contribution >= 4 is 17.6 Å². The van der Waals surface area contributed by atoms with Crippen LogP contribution in [0.4, 0.5) is 0 Å². The van der Waals surface area contributed by atoms with Gasteiger partial charge in [0.25, 0.3) is 5.56 Å². The van der Waals surface area contributed by atoms with Crippen molar-refractivity contribution in [1.82, 2.24) is 4.98 Å². The molecule has 1 aromatic heterocycles.